The van der Waals surface area contributed by atoms with Crippen LogP contribution < -0.4 is 15.8 Å². The first kappa shape index (κ1) is 17.5. The predicted molar refractivity (Wildman–Crippen MR) is 82.9 cm³/mol. The highest BCUT2D eigenvalue weighted by Crippen LogP contribution is 2.21. The van der Waals surface area contributed by atoms with E-state index < -0.39 is 5.91 Å². The lowest BCUT2D eigenvalue weighted by atomic mass is 9.88. The smallest absolute Gasteiger partial charge is 0.255 e. The molecule has 1 aromatic carbocycles. The summed E-state index contributed by atoms with van der Waals surface area (Å²) in [6.45, 7) is 6.20. The fourth-order valence-electron chi connectivity index (χ4n) is 2.05. The molecule has 0 spiro atoms. The van der Waals surface area contributed by atoms with E-state index in [2.05, 4.69) is 19.2 Å². The van der Waals surface area contributed by atoms with Gasteiger partial charge in [-0.2, -0.15) is 0 Å². The third-order valence-corrected chi connectivity index (χ3v) is 3.25. The molecule has 0 atom stereocenters. The lowest BCUT2D eigenvalue weighted by molar-refractivity contribution is -0.119. The number of carbonyl (C=O) groups is 1. The molecule has 0 saturated carbocycles. The number of carbonyl (C=O) groups excluding carboxylic acids is 1. The molecule has 1 aromatic rings. The van der Waals surface area contributed by atoms with Gasteiger partial charge < -0.3 is 20.9 Å². The summed E-state index contributed by atoms with van der Waals surface area (Å²) >= 11 is 0. The van der Waals surface area contributed by atoms with E-state index in [0.29, 0.717) is 5.75 Å². The number of nitrogens with one attached hydrogen (secondary N) is 1. The van der Waals surface area contributed by atoms with Crippen molar-refractivity contribution in [3.8, 4) is 5.75 Å². The summed E-state index contributed by atoms with van der Waals surface area (Å²) in [6, 6.07) is 7.59. The molecular formula is C16H26N2O3. The number of ether oxygens (including phenoxy) is 1. The standard InChI is InChI=1S/C16H26N2O3/c1-16(2,8-3-9-19)12-18-10-13-4-6-14(7-5-13)21-11-15(17)20/h4-7,18-19H,3,8-12H2,1-2H3,(H2,17,20). The first-order chi connectivity index (χ1) is 9.93. The molecule has 5 nitrogen and oxygen atoms in total. The van der Waals surface area contributed by atoms with Crippen molar-refractivity contribution in [3.05, 3.63) is 29.8 Å². The molecule has 118 valence electrons. The van der Waals surface area contributed by atoms with Crippen LogP contribution in [0.25, 0.3) is 0 Å². The maximum Gasteiger partial charge on any atom is 0.255 e. The van der Waals surface area contributed by atoms with Gasteiger partial charge in [-0.25, -0.2) is 0 Å². The van der Waals surface area contributed by atoms with E-state index in [4.69, 9.17) is 15.6 Å². The molecular weight excluding hydrogens is 268 g/mol. The molecule has 0 saturated heterocycles. The molecule has 0 aliphatic carbocycles. The Bertz CT molecular complexity index is 430. The number of nitrogens with two attached hydrogens (primary N) is 1. The number of rotatable bonds is 10. The van der Waals surface area contributed by atoms with E-state index in [1.807, 2.05) is 24.3 Å². The minimum atomic E-state index is -0.481. The van der Waals surface area contributed by atoms with E-state index in [1.54, 1.807) is 0 Å². The average molecular weight is 294 g/mol. The van der Waals surface area contributed by atoms with Crippen molar-refractivity contribution in [2.75, 3.05) is 19.8 Å². The highest BCUT2D eigenvalue weighted by Gasteiger charge is 2.16. The van der Waals surface area contributed by atoms with Gasteiger partial charge in [-0.1, -0.05) is 26.0 Å². The molecule has 0 aliphatic heterocycles. The van der Waals surface area contributed by atoms with Gasteiger partial charge in [0.15, 0.2) is 6.61 Å². The molecule has 1 rings (SSSR count). The maximum atomic E-state index is 10.6. The molecule has 0 fully saturated rings. The van der Waals surface area contributed by atoms with Crippen LogP contribution >= 0.6 is 0 Å². The van der Waals surface area contributed by atoms with Gasteiger partial charge >= 0.3 is 0 Å². The van der Waals surface area contributed by atoms with Crippen molar-refractivity contribution in [3.63, 3.8) is 0 Å². The first-order valence-electron chi connectivity index (χ1n) is 7.24. The predicted octanol–water partition coefficient (Wildman–Crippen LogP) is 1.44. The zero-order chi connectivity index (χ0) is 15.7. The van der Waals surface area contributed by atoms with Crippen molar-refractivity contribution >= 4 is 5.91 Å². The average Bonchev–Trinajstić information content (AvgIpc) is 2.44. The van der Waals surface area contributed by atoms with Gasteiger partial charge in [0.2, 0.25) is 0 Å². The number of aliphatic hydroxyl groups is 1. The lowest BCUT2D eigenvalue weighted by Crippen LogP contribution is -2.29. The molecule has 5 heteroatoms. The summed E-state index contributed by atoms with van der Waals surface area (Å²) in [6.07, 6.45) is 1.83. The molecule has 4 N–H and O–H groups in total. The second-order valence-corrected chi connectivity index (χ2v) is 5.99. The maximum absolute atomic E-state index is 10.6. The van der Waals surface area contributed by atoms with Crippen LogP contribution in [0.15, 0.2) is 24.3 Å². The van der Waals surface area contributed by atoms with Gasteiger partial charge in [0.25, 0.3) is 5.91 Å². The number of hydrogen-bond acceptors (Lipinski definition) is 4. The van der Waals surface area contributed by atoms with E-state index in [0.717, 1.165) is 31.5 Å². The van der Waals surface area contributed by atoms with Gasteiger partial charge in [0.1, 0.15) is 5.75 Å². The quantitative estimate of drug-likeness (QED) is 0.609. The molecule has 0 heterocycles. The van der Waals surface area contributed by atoms with Crippen molar-refractivity contribution in [1.82, 2.24) is 5.32 Å². The van der Waals surface area contributed by atoms with Crippen LogP contribution in [0.1, 0.15) is 32.3 Å². The zero-order valence-corrected chi connectivity index (χ0v) is 12.9. The van der Waals surface area contributed by atoms with Gasteiger partial charge in [0.05, 0.1) is 0 Å². The van der Waals surface area contributed by atoms with Crippen molar-refractivity contribution in [1.29, 1.82) is 0 Å². The van der Waals surface area contributed by atoms with Crippen LogP contribution in [0.4, 0.5) is 0 Å². The topological polar surface area (TPSA) is 84.6 Å². The van der Waals surface area contributed by atoms with E-state index >= 15 is 0 Å². The van der Waals surface area contributed by atoms with Crippen LogP contribution in [-0.4, -0.2) is 30.8 Å². The molecule has 0 aliphatic rings. The Kier molecular flexibility index (Phi) is 7.19. The fraction of sp³-hybridized carbons (Fsp3) is 0.562. The number of benzene rings is 1. The number of aliphatic hydroxyl groups excluding tert-OH is 1. The van der Waals surface area contributed by atoms with Crippen molar-refractivity contribution < 1.29 is 14.6 Å². The Labute approximate surface area is 126 Å². The Hall–Kier alpha value is -1.59. The van der Waals surface area contributed by atoms with Crippen molar-refractivity contribution in [2.45, 2.75) is 33.2 Å². The highest BCUT2D eigenvalue weighted by molar-refractivity contribution is 5.75. The van der Waals surface area contributed by atoms with Gasteiger partial charge in [-0.15, -0.1) is 0 Å². The van der Waals surface area contributed by atoms with Crippen LogP contribution in [0.2, 0.25) is 0 Å². The Morgan fingerprint density at radius 2 is 2.00 bits per heavy atom. The highest BCUT2D eigenvalue weighted by atomic mass is 16.5. The second kappa shape index (κ2) is 8.64. The molecule has 0 bridgehead atoms. The summed E-state index contributed by atoms with van der Waals surface area (Å²) in [5.74, 6) is 0.159. The molecule has 0 radical (unpaired) electrons. The van der Waals surface area contributed by atoms with Crippen LogP contribution in [0, 0.1) is 5.41 Å². The van der Waals surface area contributed by atoms with E-state index in [-0.39, 0.29) is 18.6 Å². The largest absolute Gasteiger partial charge is 0.484 e. The van der Waals surface area contributed by atoms with E-state index in [9.17, 15) is 4.79 Å². The molecule has 1 amide bonds. The SMILES string of the molecule is CC(C)(CCCO)CNCc1ccc(OCC(N)=O)cc1. The third-order valence-electron chi connectivity index (χ3n) is 3.25. The normalized spacial score (nSPS) is 11.4. The third kappa shape index (κ3) is 7.68. The Morgan fingerprint density at radius 1 is 1.33 bits per heavy atom. The minimum absolute atomic E-state index is 0.101. The monoisotopic (exact) mass is 294 g/mol. The number of hydrogen-bond donors (Lipinski definition) is 3. The van der Waals surface area contributed by atoms with Crippen LogP contribution in [0.3, 0.4) is 0 Å². The first-order valence-corrected chi connectivity index (χ1v) is 7.24. The number of amides is 1. The van der Waals surface area contributed by atoms with Crippen LogP contribution in [0.5, 0.6) is 5.75 Å². The van der Waals surface area contributed by atoms with Gasteiger partial charge in [0, 0.05) is 19.7 Å². The zero-order valence-electron chi connectivity index (χ0n) is 12.9. The summed E-state index contributed by atoms with van der Waals surface area (Å²) in [7, 11) is 0. The fourth-order valence-corrected chi connectivity index (χ4v) is 2.05. The minimum Gasteiger partial charge on any atom is -0.484 e. The summed E-state index contributed by atoms with van der Waals surface area (Å²) in [5, 5.41) is 12.3. The lowest BCUT2D eigenvalue weighted by Gasteiger charge is -2.24. The van der Waals surface area contributed by atoms with Crippen molar-refractivity contribution in [2.24, 2.45) is 11.1 Å². The van der Waals surface area contributed by atoms with Crippen LogP contribution in [-0.2, 0) is 11.3 Å². The molecule has 0 aromatic heterocycles. The summed E-state index contributed by atoms with van der Waals surface area (Å²) < 4.78 is 5.21. The number of primary amides is 1. The molecule has 0 unspecified atom stereocenters. The Morgan fingerprint density at radius 3 is 2.57 bits per heavy atom. The van der Waals surface area contributed by atoms with Gasteiger partial charge in [-0.3, -0.25) is 4.79 Å². The van der Waals surface area contributed by atoms with E-state index in [1.165, 1.54) is 0 Å². The summed E-state index contributed by atoms with van der Waals surface area (Å²) in [5.41, 5.74) is 6.35. The van der Waals surface area contributed by atoms with Gasteiger partial charge in [-0.05, 0) is 36.0 Å². The second-order valence-electron chi connectivity index (χ2n) is 5.99. The molecule has 21 heavy (non-hydrogen) atoms. The Balaban J connectivity index is 2.34. The summed E-state index contributed by atoms with van der Waals surface area (Å²) in [4.78, 5) is 10.6.